The number of rotatable bonds is 3. The average molecular weight is 475 g/mol. The minimum absolute atomic E-state index is 0.130. The third kappa shape index (κ3) is 11.6. The second kappa shape index (κ2) is 17.0. The molecule has 2 fully saturated rings. The highest BCUT2D eigenvalue weighted by Gasteiger charge is 2.33. The van der Waals surface area contributed by atoms with Crippen LogP contribution in [0.2, 0.25) is 0 Å². The molecule has 10 N–H and O–H groups in total. The van der Waals surface area contributed by atoms with Crippen molar-refractivity contribution in [2.75, 3.05) is 39.6 Å². The Kier molecular flexibility index (Phi) is 16.8. The topological polar surface area (TPSA) is 221 Å². The Hall–Kier alpha value is -0.480. The van der Waals surface area contributed by atoms with Gasteiger partial charge in [0.15, 0.2) is 0 Å². The van der Waals surface area contributed by atoms with E-state index in [1.165, 1.54) is 6.92 Å². The van der Waals surface area contributed by atoms with Crippen LogP contribution in [0.15, 0.2) is 0 Å². The Morgan fingerprint density at radius 2 is 1.22 bits per heavy atom. The van der Waals surface area contributed by atoms with E-state index in [0.717, 1.165) is 0 Å². The molecule has 0 aliphatic carbocycles. The van der Waals surface area contributed by atoms with E-state index in [4.69, 9.17) is 29.9 Å². The summed E-state index contributed by atoms with van der Waals surface area (Å²) in [6, 6.07) is 0. The van der Waals surface area contributed by atoms with Gasteiger partial charge in [-0.25, -0.2) is 0 Å². The maximum absolute atomic E-state index is 9.46. The maximum atomic E-state index is 9.46. The van der Waals surface area contributed by atoms with Crippen LogP contribution in [0.5, 0.6) is 0 Å². The number of ether oxygens (including phenoxy) is 2. The van der Waals surface area contributed by atoms with Crippen LogP contribution in [0.1, 0.15) is 26.7 Å². The Balaban J connectivity index is 0.000000473. The van der Waals surface area contributed by atoms with Crippen molar-refractivity contribution >= 4 is 0 Å². The molecule has 2 heterocycles. The van der Waals surface area contributed by atoms with Crippen molar-refractivity contribution in [3.8, 4) is 0 Å². The van der Waals surface area contributed by atoms with E-state index >= 15 is 0 Å². The first kappa shape index (κ1) is 31.5. The summed E-state index contributed by atoms with van der Waals surface area (Å²) in [7, 11) is 0. The first-order valence-corrected chi connectivity index (χ1v) is 10.8. The van der Waals surface area contributed by atoms with E-state index < -0.39 is 54.7 Å². The molecule has 10 unspecified atom stereocenters. The van der Waals surface area contributed by atoms with Gasteiger partial charge in [-0.15, -0.1) is 0 Å². The Morgan fingerprint density at radius 3 is 1.62 bits per heavy atom. The first-order valence-electron chi connectivity index (χ1n) is 10.8. The Morgan fingerprint density at radius 1 is 0.750 bits per heavy atom. The molecular weight excluding hydrogens is 432 g/mol. The zero-order chi connectivity index (χ0) is 24.8. The van der Waals surface area contributed by atoms with Crippen LogP contribution in [0.4, 0.5) is 0 Å². The van der Waals surface area contributed by atoms with E-state index in [0.29, 0.717) is 32.7 Å². The smallest absolute Gasteiger partial charge is 0.106 e. The third-order valence-corrected chi connectivity index (χ3v) is 5.36. The van der Waals surface area contributed by atoms with E-state index in [9.17, 15) is 30.6 Å². The summed E-state index contributed by atoms with van der Waals surface area (Å²) in [4.78, 5) is 0. The molecule has 0 spiro atoms. The predicted octanol–water partition coefficient (Wildman–Crippen LogP) is -4.06. The van der Waals surface area contributed by atoms with Gasteiger partial charge in [0.2, 0.25) is 0 Å². The minimum atomic E-state index is -1.19. The second-order valence-corrected chi connectivity index (χ2v) is 8.23. The highest BCUT2D eigenvalue weighted by atomic mass is 16.5. The fourth-order valence-corrected chi connectivity index (χ4v) is 2.83. The largest absolute Gasteiger partial charge is 0.396 e. The molecule has 0 aromatic carbocycles. The lowest BCUT2D eigenvalue weighted by molar-refractivity contribution is -0.125. The van der Waals surface area contributed by atoms with E-state index in [1.807, 2.05) is 0 Å². The van der Waals surface area contributed by atoms with Crippen LogP contribution >= 0.6 is 0 Å². The summed E-state index contributed by atoms with van der Waals surface area (Å²) in [6.45, 7) is 3.98. The number of aliphatic hydroxyl groups excluding tert-OH is 10. The van der Waals surface area contributed by atoms with Gasteiger partial charge in [-0.1, -0.05) is 6.92 Å². The van der Waals surface area contributed by atoms with Gasteiger partial charge in [0.05, 0.1) is 56.9 Å². The van der Waals surface area contributed by atoms with Crippen LogP contribution < -0.4 is 0 Å². The quantitative estimate of drug-likeness (QED) is 0.189. The molecule has 2 aliphatic rings. The molecule has 2 saturated heterocycles. The van der Waals surface area contributed by atoms with Crippen molar-refractivity contribution in [3.63, 3.8) is 0 Å². The van der Waals surface area contributed by atoms with Crippen LogP contribution in [0.3, 0.4) is 0 Å². The van der Waals surface area contributed by atoms with E-state index in [1.54, 1.807) is 6.92 Å². The zero-order valence-electron chi connectivity index (χ0n) is 18.7. The molecule has 2 rings (SSSR count). The standard InChI is InChI=1S/C8H16O5.C8H16O4.C4H10O3/c9-3-5-4-13-2-1-6(10)8(12)7(5)11;1-5-4-12-3-2-6(9)8(11)7(5)10;1-3(6)4(7)2-5/h5-12H,1-4H2;5-11H,2-4H2,1H3;3-7H,2H2,1H3. The molecule has 194 valence electrons. The average Bonchev–Trinajstić information content (AvgIpc) is 2.78. The summed E-state index contributed by atoms with van der Waals surface area (Å²) in [5.41, 5.74) is 0. The van der Waals surface area contributed by atoms with Gasteiger partial charge in [-0.2, -0.15) is 0 Å². The molecule has 0 aromatic rings. The molecule has 0 radical (unpaired) electrons. The van der Waals surface area contributed by atoms with Crippen molar-refractivity contribution in [1.82, 2.24) is 0 Å². The third-order valence-electron chi connectivity index (χ3n) is 5.36. The molecular formula is C20H42O12. The molecule has 0 aromatic heterocycles. The molecule has 2 aliphatic heterocycles. The molecule has 10 atom stereocenters. The monoisotopic (exact) mass is 474 g/mol. The van der Waals surface area contributed by atoms with Gasteiger partial charge >= 0.3 is 0 Å². The van der Waals surface area contributed by atoms with Crippen molar-refractivity contribution < 1.29 is 60.5 Å². The molecule has 0 amide bonds. The van der Waals surface area contributed by atoms with E-state index in [-0.39, 0.29) is 25.7 Å². The summed E-state index contributed by atoms with van der Waals surface area (Å²) in [5.74, 6) is -0.653. The lowest BCUT2D eigenvalue weighted by atomic mass is 9.94. The van der Waals surface area contributed by atoms with Crippen molar-refractivity contribution in [3.05, 3.63) is 0 Å². The second-order valence-electron chi connectivity index (χ2n) is 8.23. The Bertz CT molecular complexity index is 436. The molecule has 32 heavy (non-hydrogen) atoms. The van der Waals surface area contributed by atoms with Gasteiger partial charge in [-0.3, -0.25) is 0 Å². The van der Waals surface area contributed by atoms with Gasteiger partial charge < -0.3 is 60.5 Å². The van der Waals surface area contributed by atoms with Gasteiger partial charge in [0.1, 0.15) is 18.3 Å². The van der Waals surface area contributed by atoms with E-state index in [2.05, 4.69) is 0 Å². The fourth-order valence-electron chi connectivity index (χ4n) is 2.83. The lowest BCUT2D eigenvalue weighted by Crippen LogP contribution is -2.46. The highest BCUT2D eigenvalue weighted by Crippen LogP contribution is 2.17. The first-order chi connectivity index (χ1) is 15.0. The summed E-state index contributed by atoms with van der Waals surface area (Å²) >= 11 is 0. The summed E-state index contributed by atoms with van der Waals surface area (Å²) in [6.07, 6.45) is -7.23. The van der Waals surface area contributed by atoms with Crippen LogP contribution in [-0.4, -0.2) is 140 Å². The SMILES string of the molecule is CC(O)C(O)CO.CC1COCCC(O)C(O)C1O.OCC1COCCC(O)C(O)C1O. The zero-order valence-corrected chi connectivity index (χ0v) is 18.7. The molecule has 0 bridgehead atoms. The summed E-state index contributed by atoms with van der Waals surface area (Å²) < 4.78 is 10.2. The minimum Gasteiger partial charge on any atom is -0.396 e. The van der Waals surface area contributed by atoms with Crippen molar-refractivity contribution in [1.29, 1.82) is 0 Å². The maximum Gasteiger partial charge on any atom is 0.106 e. The van der Waals surface area contributed by atoms with Gasteiger partial charge in [-0.05, 0) is 19.8 Å². The normalized spacial score (nSPS) is 38.2. The highest BCUT2D eigenvalue weighted by molar-refractivity contribution is 4.82. The van der Waals surface area contributed by atoms with Crippen molar-refractivity contribution in [2.45, 2.75) is 75.5 Å². The van der Waals surface area contributed by atoms with Crippen LogP contribution in [-0.2, 0) is 9.47 Å². The number of hydrogen-bond acceptors (Lipinski definition) is 12. The van der Waals surface area contributed by atoms with Crippen molar-refractivity contribution in [2.24, 2.45) is 11.8 Å². The molecule has 0 saturated carbocycles. The van der Waals surface area contributed by atoms with Gasteiger partial charge in [0, 0.05) is 25.0 Å². The fraction of sp³-hybridized carbons (Fsp3) is 1.00. The predicted molar refractivity (Wildman–Crippen MR) is 111 cm³/mol. The molecule has 12 nitrogen and oxygen atoms in total. The Labute approximate surface area is 188 Å². The van der Waals surface area contributed by atoms with Gasteiger partial charge in [0.25, 0.3) is 0 Å². The summed E-state index contributed by atoms with van der Waals surface area (Å²) in [5, 5.41) is 90.0. The van der Waals surface area contributed by atoms with Crippen LogP contribution in [0, 0.1) is 11.8 Å². The van der Waals surface area contributed by atoms with Crippen LogP contribution in [0.25, 0.3) is 0 Å². The number of aliphatic hydroxyl groups is 10. The molecule has 12 heteroatoms. The lowest BCUT2D eigenvalue weighted by Gasteiger charge is -2.30. The number of hydrogen-bond donors (Lipinski definition) is 10.